The van der Waals surface area contributed by atoms with Crippen molar-refractivity contribution < 1.29 is 4.74 Å². The Morgan fingerprint density at radius 2 is 2.67 bits per heavy atom. The van der Waals surface area contributed by atoms with Crippen molar-refractivity contribution in [2.24, 2.45) is 0 Å². The van der Waals surface area contributed by atoms with Crippen LogP contribution in [0, 0.1) is 6.42 Å². The van der Waals surface area contributed by atoms with E-state index in [0.29, 0.717) is 0 Å². The fraction of sp³-hybridized carbons (Fsp3) is 0.400. The Hall–Kier alpha value is -0.590. The zero-order valence-corrected chi connectivity index (χ0v) is 3.77. The van der Waals surface area contributed by atoms with E-state index in [1.54, 1.807) is 0 Å². The summed E-state index contributed by atoms with van der Waals surface area (Å²) in [7, 11) is 0. The molecule has 0 saturated carbocycles. The lowest BCUT2D eigenvalue weighted by molar-refractivity contribution is 0.252. The van der Waals surface area contributed by atoms with E-state index >= 15 is 0 Å². The zero-order chi connectivity index (χ0) is 4.41. The Labute approximate surface area is 37.6 Å². The van der Waals surface area contributed by atoms with Crippen LogP contribution in [0.3, 0.4) is 0 Å². The van der Waals surface area contributed by atoms with E-state index in [4.69, 9.17) is 4.74 Å². The van der Waals surface area contributed by atoms with Crippen molar-refractivity contribution in [1.29, 1.82) is 0 Å². The minimum Gasteiger partial charge on any atom is -0.576 e. The van der Waals surface area contributed by atoms with Crippen LogP contribution in [0.4, 0.5) is 0 Å². The summed E-state index contributed by atoms with van der Waals surface area (Å²) in [6, 6.07) is 0. The molecule has 0 aliphatic heterocycles. The SMILES string of the molecule is CCOC1=C[CH-]1. The maximum atomic E-state index is 4.96. The summed E-state index contributed by atoms with van der Waals surface area (Å²) in [6.07, 6.45) is 3.90. The molecule has 1 aliphatic rings. The van der Waals surface area contributed by atoms with Crippen LogP contribution in [0.5, 0.6) is 0 Å². The maximum Gasteiger partial charge on any atom is 0.0655 e. The third-order valence-electron chi connectivity index (χ3n) is 0.614. The van der Waals surface area contributed by atoms with Gasteiger partial charge in [0.2, 0.25) is 0 Å². The van der Waals surface area contributed by atoms with Crippen molar-refractivity contribution in [3.8, 4) is 0 Å². The number of rotatable bonds is 2. The molecule has 0 aromatic rings. The summed E-state index contributed by atoms with van der Waals surface area (Å²) in [5.41, 5.74) is 0. The van der Waals surface area contributed by atoms with Gasteiger partial charge in [0.05, 0.1) is 6.61 Å². The van der Waals surface area contributed by atoms with Crippen LogP contribution in [0.15, 0.2) is 11.8 Å². The van der Waals surface area contributed by atoms with Crippen molar-refractivity contribution in [2.45, 2.75) is 6.92 Å². The predicted octanol–water partition coefficient (Wildman–Crippen LogP) is 1.12. The van der Waals surface area contributed by atoms with E-state index in [1.165, 1.54) is 0 Å². The molecule has 1 aliphatic carbocycles. The highest BCUT2D eigenvalue weighted by Crippen LogP contribution is 2.16. The molecule has 1 heteroatoms. The van der Waals surface area contributed by atoms with Crippen LogP contribution in [0.2, 0.25) is 0 Å². The molecule has 0 aromatic heterocycles. The van der Waals surface area contributed by atoms with Crippen LogP contribution in [-0.2, 0) is 4.74 Å². The van der Waals surface area contributed by atoms with Crippen LogP contribution >= 0.6 is 0 Å². The van der Waals surface area contributed by atoms with Gasteiger partial charge in [-0.15, -0.1) is 5.76 Å². The lowest BCUT2D eigenvalue weighted by atomic mass is 10.8. The first-order chi connectivity index (χ1) is 2.93. The molecule has 0 unspecified atom stereocenters. The second-order valence-corrected chi connectivity index (χ2v) is 1.17. The number of ether oxygens (including phenoxy) is 1. The van der Waals surface area contributed by atoms with Crippen molar-refractivity contribution in [2.75, 3.05) is 6.61 Å². The molecular formula is C5H7O-. The van der Waals surface area contributed by atoms with Gasteiger partial charge in [0.1, 0.15) is 0 Å². The number of hydrogen-bond donors (Lipinski definition) is 0. The Kier molecular flexibility index (Phi) is 0.748. The fourth-order valence-corrected chi connectivity index (χ4v) is 0.297. The monoisotopic (exact) mass is 83.1 g/mol. The molecule has 0 fully saturated rings. The standard InChI is InChI=1S/C5H7O/c1-2-6-5-3-4-5/h3-4H,2H2,1H3/q-1. The molecule has 1 nitrogen and oxygen atoms in total. The zero-order valence-electron chi connectivity index (χ0n) is 3.77. The highest BCUT2D eigenvalue weighted by atomic mass is 16.5. The molecule has 0 amide bonds. The second kappa shape index (κ2) is 1.25. The lowest BCUT2D eigenvalue weighted by Crippen LogP contribution is -1.77. The van der Waals surface area contributed by atoms with E-state index in [1.807, 2.05) is 19.4 Å². The second-order valence-electron chi connectivity index (χ2n) is 1.17. The summed E-state index contributed by atoms with van der Waals surface area (Å²) in [5, 5.41) is 0. The quantitative estimate of drug-likeness (QED) is 0.454. The molecule has 0 radical (unpaired) electrons. The van der Waals surface area contributed by atoms with Crippen LogP contribution in [0.1, 0.15) is 6.92 Å². The third kappa shape index (κ3) is 0.677. The van der Waals surface area contributed by atoms with Gasteiger partial charge in [-0.05, 0) is 6.92 Å². The van der Waals surface area contributed by atoms with Gasteiger partial charge < -0.3 is 4.74 Å². The Balaban J connectivity index is 2.02. The van der Waals surface area contributed by atoms with Gasteiger partial charge in [0, 0.05) is 0 Å². The molecule has 0 heterocycles. The van der Waals surface area contributed by atoms with E-state index in [-0.39, 0.29) is 0 Å². The molecule has 0 aromatic carbocycles. The average molecular weight is 83.1 g/mol. The molecule has 0 bridgehead atoms. The summed E-state index contributed by atoms with van der Waals surface area (Å²) in [5.74, 6) is 1.04. The van der Waals surface area contributed by atoms with E-state index < -0.39 is 0 Å². The minimum atomic E-state index is 0.794. The van der Waals surface area contributed by atoms with Crippen LogP contribution in [-0.4, -0.2) is 6.61 Å². The first-order valence-electron chi connectivity index (χ1n) is 2.11. The summed E-state index contributed by atoms with van der Waals surface area (Å²) in [6.45, 7) is 2.77. The number of allylic oxidation sites excluding steroid dienone is 2. The molecule has 6 heavy (non-hydrogen) atoms. The van der Waals surface area contributed by atoms with Crippen molar-refractivity contribution in [1.82, 2.24) is 0 Å². The van der Waals surface area contributed by atoms with Gasteiger partial charge in [-0.3, -0.25) is 0 Å². The van der Waals surface area contributed by atoms with E-state index in [0.717, 1.165) is 12.4 Å². The molecule has 1 rings (SSSR count). The molecule has 0 atom stereocenters. The molecule has 0 spiro atoms. The maximum absolute atomic E-state index is 4.96. The van der Waals surface area contributed by atoms with Crippen molar-refractivity contribution in [3.63, 3.8) is 0 Å². The van der Waals surface area contributed by atoms with Crippen molar-refractivity contribution in [3.05, 3.63) is 18.3 Å². The number of hydrogen-bond acceptors (Lipinski definition) is 1. The fourth-order valence-electron chi connectivity index (χ4n) is 0.297. The van der Waals surface area contributed by atoms with Gasteiger partial charge in [-0.2, -0.15) is 0 Å². The normalized spacial score (nSPS) is 15.2. The summed E-state index contributed by atoms with van der Waals surface area (Å²) < 4.78 is 4.96. The first-order valence-corrected chi connectivity index (χ1v) is 2.11. The van der Waals surface area contributed by atoms with Crippen LogP contribution in [0.25, 0.3) is 0 Å². The third-order valence-corrected chi connectivity index (χ3v) is 0.614. The smallest absolute Gasteiger partial charge is 0.0655 e. The predicted molar refractivity (Wildman–Crippen MR) is 24.0 cm³/mol. The Morgan fingerprint density at radius 3 is 2.83 bits per heavy atom. The van der Waals surface area contributed by atoms with Gasteiger partial charge in [0.25, 0.3) is 0 Å². The molecule has 0 N–H and O–H groups in total. The highest BCUT2D eigenvalue weighted by Gasteiger charge is 1.86. The molecular weight excluding hydrogens is 76.1 g/mol. The van der Waals surface area contributed by atoms with Gasteiger partial charge in [0.15, 0.2) is 0 Å². The summed E-state index contributed by atoms with van der Waals surface area (Å²) >= 11 is 0. The Morgan fingerprint density at radius 1 is 2.00 bits per heavy atom. The minimum absolute atomic E-state index is 0.794. The van der Waals surface area contributed by atoms with Gasteiger partial charge in [-0.1, -0.05) is 0 Å². The van der Waals surface area contributed by atoms with Crippen molar-refractivity contribution >= 4 is 0 Å². The lowest BCUT2D eigenvalue weighted by Gasteiger charge is -1.99. The molecule has 34 valence electrons. The first kappa shape index (κ1) is 3.59. The van der Waals surface area contributed by atoms with Gasteiger partial charge in [-0.25, -0.2) is 12.5 Å². The van der Waals surface area contributed by atoms with E-state index in [2.05, 4.69) is 0 Å². The summed E-state index contributed by atoms with van der Waals surface area (Å²) in [4.78, 5) is 0. The molecule has 0 saturated heterocycles. The Bertz CT molecular complexity index is 74.0. The largest absolute Gasteiger partial charge is 0.576 e. The van der Waals surface area contributed by atoms with E-state index in [9.17, 15) is 0 Å². The average Bonchev–Trinajstić information content (AvgIpc) is 2.21. The highest BCUT2D eigenvalue weighted by molar-refractivity contribution is 5.32. The topological polar surface area (TPSA) is 9.23 Å². The van der Waals surface area contributed by atoms with Crippen LogP contribution < -0.4 is 0 Å². The van der Waals surface area contributed by atoms with Gasteiger partial charge >= 0.3 is 0 Å².